The van der Waals surface area contributed by atoms with E-state index in [4.69, 9.17) is 0 Å². The van der Waals surface area contributed by atoms with Crippen LogP contribution < -0.4 is 5.32 Å². The first-order valence-corrected chi connectivity index (χ1v) is 7.38. The third-order valence-corrected chi connectivity index (χ3v) is 4.37. The van der Waals surface area contributed by atoms with Crippen molar-refractivity contribution in [3.63, 3.8) is 0 Å². The summed E-state index contributed by atoms with van der Waals surface area (Å²) in [5.41, 5.74) is 1.79. The maximum Gasteiger partial charge on any atom is 0.272 e. The summed E-state index contributed by atoms with van der Waals surface area (Å²) in [7, 11) is 0. The highest BCUT2D eigenvalue weighted by Gasteiger charge is 2.17. The first-order chi connectivity index (χ1) is 10.6. The first kappa shape index (κ1) is 14.2. The van der Waals surface area contributed by atoms with Crippen LogP contribution in [0.3, 0.4) is 0 Å². The molecule has 2 heterocycles. The zero-order chi connectivity index (χ0) is 15.7. The fraction of sp³-hybridized carbons (Fsp3) is 0.143. The molecule has 7 nitrogen and oxygen atoms in total. The molecule has 0 fully saturated rings. The number of fused-ring (bicyclic) bond motifs is 1. The van der Waals surface area contributed by atoms with Crippen LogP contribution in [0.1, 0.15) is 20.9 Å². The molecule has 22 heavy (non-hydrogen) atoms. The third-order valence-electron chi connectivity index (χ3n) is 3.35. The second-order valence-electron chi connectivity index (χ2n) is 4.77. The van der Waals surface area contributed by atoms with Gasteiger partial charge in [0.15, 0.2) is 5.69 Å². The number of rotatable bonds is 4. The number of nitro groups is 1. The van der Waals surface area contributed by atoms with Crippen LogP contribution in [0.2, 0.25) is 0 Å². The van der Waals surface area contributed by atoms with Crippen molar-refractivity contribution in [2.75, 3.05) is 0 Å². The molecular weight excluding hydrogens is 304 g/mol. The minimum absolute atomic E-state index is 0.0722. The summed E-state index contributed by atoms with van der Waals surface area (Å²) in [6.07, 6.45) is 0. The van der Waals surface area contributed by atoms with E-state index in [1.807, 2.05) is 18.4 Å². The number of amides is 1. The molecule has 0 bridgehead atoms. The molecule has 1 amide bonds. The maximum atomic E-state index is 12.2. The Morgan fingerprint density at radius 1 is 1.45 bits per heavy atom. The number of hydrogen-bond acceptors (Lipinski definition) is 5. The number of hydrogen-bond donors (Lipinski definition) is 2. The maximum absolute atomic E-state index is 12.2. The van der Waals surface area contributed by atoms with E-state index in [2.05, 4.69) is 15.5 Å². The van der Waals surface area contributed by atoms with Crippen molar-refractivity contribution < 1.29 is 9.72 Å². The lowest BCUT2D eigenvalue weighted by Gasteiger charge is -2.02. The van der Waals surface area contributed by atoms with Crippen molar-refractivity contribution in [1.29, 1.82) is 0 Å². The molecule has 2 aromatic heterocycles. The smallest absolute Gasteiger partial charge is 0.272 e. The van der Waals surface area contributed by atoms with E-state index in [9.17, 15) is 14.9 Å². The lowest BCUT2D eigenvalue weighted by Crippen LogP contribution is -2.23. The predicted octanol–water partition coefficient (Wildman–Crippen LogP) is 2.77. The number of nitrogens with one attached hydrogen (secondary N) is 2. The molecule has 2 N–H and O–H groups in total. The molecule has 0 saturated carbocycles. The van der Waals surface area contributed by atoms with Crippen LogP contribution in [0.15, 0.2) is 29.6 Å². The summed E-state index contributed by atoms with van der Waals surface area (Å²) in [5, 5.41) is 22.7. The van der Waals surface area contributed by atoms with Crippen molar-refractivity contribution in [2.45, 2.75) is 13.5 Å². The van der Waals surface area contributed by atoms with Gasteiger partial charge in [0.05, 0.1) is 17.0 Å². The number of aromatic amines is 1. The van der Waals surface area contributed by atoms with Crippen LogP contribution in [0.5, 0.6) is 0 Å². The van der Waals surface area contributed by atoms with Crippen molar-refractivity contribution in [3.05, 3.63) is 55.9 Å². The van der Waals surface area contributed by atoms with Gasteiger partial charge >= 0.3 is 0 Å². The molecule has 0 unspecified atom stereocenters. The lowest BCUT2D eigenvalue weighted by molar-refractivity contribution is -0.384. The van der Waals surface area contributed by atoms with Gasteiger partial charge < -0.3 is 5.32 Å². The monoisotopic (exact) mass is 316 g/mol. The van der Waals surface area contributed by atoms with Gasteiger partial charge in [-0.15, -0.1) is 11.3 Å². The topological polar surface area (TPSA) is 101 Å². The van der Waals surface area contributed by atoms with Crippen molar-refractivity contribution in [2.24, 2.45) is 0 Å². The lowest BCUT2D eigenvalue weighted by atomic mass is 10.2. The summed E-state index contributed by atoms with van der Waals surface area (Å²) in [5.74, 6) is -0.362. The number of carbonyl (C=O) groups is 1. The number of thiophene rings is 1. The molecule has 112 valence electrons. The van der Waals surface area contributed by atoms with Crippen LogP contribution in [0.4, 0.5) is 5.69 Å². The van der Waals surface area contributed by atoms with E-state index in [0.717, 1.165) is 10.4 Å². The van der Waals surface area contributed by atoms with Crippen LogP contribution in [-0.4, -0.2) is 21.0 Å². The number of H-pyrrole nitrogens is 1. The fourth-order valence-electron chi connectivity index (χ4n) is 2.12. The Morgan fingerprint density at radius 3 is 2.95 bits per heavy atom. The van der Waals surface area contributed by atoms with Gasteiger partial charge in [-0.05, 0) is 30.0 Å². The molecule has 0 radical (unpaired) electrons. The Kier molecular flexibility index (Phi) is 3.60. The number of carbonyl (C=O) groups excluding carboxylic acids is 1. The van der Waals surface area contributed by atoms with Gasteiger partial charge in [-0.25, -0.2) is 0 Å². The number of nitro benzene ring substituents is 1. The molecule has 0 aliphatic carbocycles. The molecule has 0 spiro atoms. The Hall–Kier alpha value is -2.74. The van der Waals surface area contributed by atoms with E-state index < -0.39 is 4.92 Å². The van der Waals surface area contributed by atoms with Crippen molar-refractivity contribution >= 4 is 33.8 Å². The van der Waals surface area contributed by atoms with Crippen molar-refractivity contribution in [1.82, 2.24) is 15.5 Å². The summed E-state index contributed by atoms with van der Waals surface area (Å²) in [6.45, 7) is 2.39. The fourth-order valence-corrected chi connectivity index (χ4v) is 2.96. The quantitative estimate of drug-likeness (QED) is 0.571. The van der Waals surface area contributed by atoms with E-state index in [0.29, 0.717) is 17.4 Å². The molecule has 0 aliphatic rings. The van der Waals surface area contributed by atoms with Gasteiger partial charge in [0, 0.05) is 22.4 Å². The number of aromatic nitrogens is 2. The van der Waals surface area contributed by atoms with E-state index in [-0.39, 0.29) is 17.3 Å². The molecular formula is C14H12N4O3S. The summed E-state index contributed by atoms with van der Waals surface area (Å²) < 4.78 is 0. The third kappa shape index (κ3) is 2.56. The summed E-state index contributed by atoms with van der Waals surface area (Å²) >= 11 is 1.57. The Balaban J connectivity index is 1.86. The second kappa shape index (κ2) is 5.57. The molecule has 0 aliphatic heterocycles. The highest BCUT2D eigenvalue weighted by atomic mass is 32.1. The minimum Gasteiger partial charge on any atom is -0.346 e. The highest BCUT2D eigenvalue weighted by Crippen LogP contribution is 2.22. The average molecular weight is 316 g/mol. The van der Waals surface area contributed by atoms with E-state index in [1.165, 1.54) is 12.1 Å². The molecule has 1 aromatic carbocycles. The van der Waals surface area contributed by atoms with Gasteiger partial charge in [0.2, 0.25) is 0 Å². The van der Waals surface area contributed by atoms with Gasteiger partial charge in [-0.1, -0.05) is 0 Å². The Bertz CT molecular complexity index is 868. The van der Waals surface area contributed by atoms with E-state index >= 15 is 0 Å². The highest BCUT2D eigenvalue weighted by molar-refractivity contribution is 7.10. The number of benzene rings is 1. The largest absolute Gasteiger partial charge is 0.346 e. The average Bonchev–Trinajstić information content (AvgIpc) is 3.10. The predicted molar refractivity (Wildman–Crippen MR) is 83.0 cm³/mol. The zero-order valence-electron chi connectivity index (χ0n) is 11.6. The molecule has 3 rings (SSSR count). The summed E-state index contributed by atoms with van der Waals surface area (Å²) in [4.78, 5) is 23.7. The number of aryl methyl sites for hydroxylation is 1. The van der Waals surface area contributed by atoms with Crippen LogP contribution >= 0.6 is 11.3 Å². The SMILES string of the molecule is Cc1ccsc1CNC(=O)c1n[nH]c2ccc([N+](=O)[O-])cc12. The number of non-ortho nitro benzene ring substituents is 1. The minimum atomic E-state index is -0.497. The Labute approximate surface area is 129 Å². The molecule has 3 aromatic rings. The molecule has 0 atom stereocenters. The van der Waals surface area contributed by atoms with Crippen LogP contribution in [0, 0.1) is 17.0 Å². The standard InChI is InChI=1S/C14H12N4O3S/c1-8-4-5-22-12(8)7-15-14(19)13-10-6-9(18(20)21)2-3-11(10)16-17-13/h2-6H,7H2,1H3,(H,15,19)(H,16,17). The normalized spacial score (nSPS) is 10.8. The van der Waals surface area contributed by atoms with Crippen LogP contribution in [-0.2, 0) is 6.54 Å². The van der Waals surface area contributed by atoms with Gasteiger partial charge in [-0.3, -0.25) is 20.0 Å². The first-order valence-electron chi connectivity index (χ1n) is 6.50. The zero-order valence-corrected chi connectivity index (χ0v) is 12.4. The van der Waals surface area contributed by atoms with E-state index in [1.54, 1.807) is 17.4 Å². The van der Waals surface area contributed by atoms with Crippen LogP contribution in [0.25, 0.3) is 10.9 Å². The summed E-state index contributed by atoms with van der Waals surface area (Å²) in [6, 6.07) is 6.25. The number of nitrogens with zero attached hydrogens (tertiary/aromatic N) is 2. The Morgan fingerprint density at radius 2 is 2.27 bits per heavy atom. The van der Waals surface area contributed by atoms with Gasteiger partial charge in [0.1, 0.15) is 0 Å². The van der Waals surface area contributed by atoms with Crippen molar-refractivity contribution in [3.8, 4) is 0 Å². The second-order valence-corrected chi connectivity index (χ2v) is 5.77. The molecule has 0 saturated heterocycles. The van der Waals surface area contributed by atoms with Gasteiger partial charge in [0.25, 0.3) is 11.6 Å². The molecule has 8 heteroatoms. The van der Waals surface area contributed by atoms with Gasteiger partial charge in [-0.2, -0.15) is 5.10 Å².